The number of methoxy groups -OCH3 is 2. The van der Waals surface area contributed by atoms with E-state index in [1.807, 2.05) is 51.2 Å². The number of allylic oxidation sites excluding steroid dienone is 6. The minimum Gasteiger partial charge on any atom is -0.460 e. The number of aliphatic hydroxyl groups is 4. The van der Waals surface area contributed by atoms with Gasteiger partial charge in [0.1, 0.15) is 30.1 Å². The van der Waals surface area contributed by atoms with Gasteiger partial charge in [0, 0.05) is 51.9 Å². The molecule has 2 bridgehead atoms. The van der Waals surface area contributed by atoms with Gasteiger partial charge in [0.25, 0.3) is 11.7 Å². The molecule has 3 aliphatic heterocycles. The third-order valence-electron chi connectivity index (χ3n) is 15.0. The number of hydrogen-bond donors (Lipinski definition) is 4. The van der Waals surface area contributed by atoms with Gasteiger partial charge in [0.2, 0.25) is 5.79 Å². The molecule has 0 aromatic heterocycles. The molecule has 14 atom stereocenters. The smallest absolute Gasteiger partial charge is 0.329 e. The van der Waals surface area contributed by atoms with Crippen molar-refractivity contribution in [2.75, 3.05) is 60.4 Å². The maximum atomic E-state index is 14.5. The van der Waals surface area contributed by atoms with Gasteiger partial charge in [-0.05, 0) is 107 Å². The van der Waals surface area contributed by atoms with Crippen LogP contribution in [-0.2, 0) is 57.1 Å². The largest absolute Gasteiger partial charge is 0.460 e. The van der Waals surface area contributed by atoms with Gasteiger partial charge in [-0.25, -0.2) is 4.79 Å². The number of ketones is 3. The van der Waals surface area contributed by atoms with Crippen molar-refractivity contribution >= 4 is 29.2 Å². The second-order valence-electron chi connectivity index (χ2n) is 20.6. The minimum absolute atomic E-state index is 0.00394. The fourth-order valence-corrected chi connectivity index (χ4v) is 10.3. The zero-order chi connectivity index (χ0) is 53.0. The molecule has 0 aromatic carbocycles. The summed E-state index contributed by atoms with van der Waals surface area (Å²) in [6.07, 6.45) is 10.6. The van der Waals surface area contributed by atoms with Gasteiger partial charge in [-0.15, -0.1) is 0 Å². The first kappa shape index (κ1) is 61.1. The SMILES string of the molecule is CO[C@@H]1C[C@H](C[C@@H](C)[C@@H]2CC(=O)[C@H](C)/C=C(\C)[C@@H](O)[C@@H](OC)C(=O)CC[C@H](C)/C=C/C=C/C=C(\C)[C@@H](OCCOCCOCCO)C[C@@H]3CC[C@@H](C)[C@@](O)(O3)C(=O)C(=O)N3CCCC[C@H]3C(=O)O2)CC[C@H]1O. The van der Waals surface area contributed by atoms with Gasteiger partial charge in [-0.2, -0.15) is 0 Å². The van der Waals surface area contributed by atoms with Gasteiger partial charge < -0.3 is 58.5 Å². The molecule has 17 heteroatoms. The van der Waals surface area contributed by atoms with Gasteiger partial charge in [-0.1, -0.05) is 64.2 Å². The van der Waals surface area contributed by atoms with Crippen LogP contribution in [-0.4, -0.2) is 170 Å². The van der Waals surface area contributed by atoms with Crippen LogP contribution in [0.15, 0.2) is 47.6 Å². The van der Waals surface area contributed by atoms with Crippen LogP contribution < -0.4 is 0 Å². The Bertz CT molecular complexity index is 1870. The first-order valence-corrected chi connectivity index (χ1v) is 26.4. The second-order valence-corrected chi connectivity index (χ2v) is 20.6. The summed E-state index contributed by atoms with van der Waals surface area (Å²) in [6, 6.07) is -1.17. The summed E-state index contributed by atoms with van der Waals surface area (Å²) in [6.45, 7) is 12.0. The number of ether oxygens (including phenoxy) is 7. The molecule has 1 amide bonds. The van der Waals surface area contributed by atoms with Crippen molar-refractivity contribution in [2.24, 2.45) is 29.6 Å². The zero-order valence-electron chi connectivity index (χ0n) is 44.2. The summed E-state index contributed by atoms with van der Waals surface area (Å²) >= 11 is 0. The van der Waals surface area contributed by atoms with E-state index in [4.69, 9.17) is 38.3 Å². The minimum atomic E-state index is -2.49. The van der Waals surface area contributed by atoms with E-state index in [-0.39, 0.29) is 94.1 Å². The zero-order valence-corrected chi connectivity index (χ0v) is 44.2. The number of rotatable bonds is 14. The highest BCUT2D eigenvalue weighted by Gasteiger charge is 2.53. The van der Waals surface area contributed by atoms with E-state index < -0.39 is 77.9 Å². The Morgan fingerprint density at radius 3 is 2.25 bits per heavy atom. The van der Waals surface area contributed by atoms with Crippen LogP contribution in [0.25, 0.3) is 0 Å². The van der Waals surface area contributed by atoms with E-state index in [0.29, 0.717) is 76.6 Å². The highest BCUT2D eigenvalue weighted by atomic mass is 16.6. The summed E-state index contributed by atoms with van der Waals surface area (Å²) in [5.74, 6) is -7.80. The number of carbonyl (C=O) groups is 5. The van der Waals surface area contributed by atoms with Crippen LogP contribution in [0, 0.1) is 29.6 Å². The standard InChI is InChI=1S/C55H87NO16/c1-35-14-10-9-11-15-36(2)47(70-29-28-69-27-26-68-25-24-57)33-42-20-18-40(6)55(65,72-42)52(62)53(63)56-23-13-12-16-43(56)54(64)71-48(38(4)31-41-19-22-44(58)49(32-41)66-7)34-46(60)37(3)30-39(5)50(61)51(67-8)45(59)21-17-35/h9-11,14-15,30,35,37-38,40-44,47-51,57-58,61,65H,12-13,16-29,31-34H2,1-8H3/b11-9+,14-10+,36-15+,39-30+/t35-,37-,38-,40-,41+,42+,43+,44-,47+,48+,49-,50-,51+,55-/m1/s1. The predicted octanol–water partition coefficient (Wildman–Crippen LogP) is 5.33. The summed E-state index contributed by atoms with van der Waals surface area (Å²) in [7, 11) is 2.93. The molecule has 0 aromatic rings. The lowest BCUT2D eigenvalue weighted by molar-refractivity contribution is -0.266. The number of Topliss-reactive ketones (excluding diaryl/α,β-unsaturated/α-hetero) is 3. The van der Waals surface area contributed by atoms with Crippen molar-refractivity contribution in [1.82, 2.24) is 4.90 Å². The molecule has 1 aliphatic carbocycles. The maximum Gasteiger partial charge on any atom is 0.329 e. The Labute approximate surface area is 427 Å². The fourth-order valence-electron chi connectivity index (χ4n) is 10.3. The number of carbonyl (C=O) groups excluding carboxylic acids is 5. The van der Waals surface area contributed by atoms with Crippen LogP contribution in [0.2, 0.25) is 0 Å². The number of nitrogens with zero attached hydrogens (tertiary/aromatic N) is 1. The molecular weight excluding hydrogens is 931 g/mol. The van der Waals surface area contributed by atoms with E-state index in [0.717, 1.165) is 5.57 Å². The molecular formula is C55H87NO16. The number of hydrogen-bond acceptors (Lipinski definition) is 16. The number of fused-ring (bicyclic) bond motifs is 3. The van der Waals surface area contributed by atoms with E-state index in [2.05, 4.69) is 0 Å². The molecule has 0 spiro atoms. The number of cyclic esters (lactones) is 1. The van der Waals surface area contributed by atoms with Crippen molar-refractivity contribution in [3.8, 4) is 0 Å². The molecule has 408 valence electrons. The number of aliphatic hydroxyl groups excluding tert-OH is 3. The third-order valence-corrected chi connectivity index (χ3v) is 15.0. The quantitative estimate of drug-likeness (QED) is 0.0745. The van der Waals surface area contributed by atoms with Crippen LogP contribution >= 0.6 is 0 Å². The number of esters is 1. The van der Waals surface area contributed by atoms with Gasteiger partial charge in [0.05, 0.1) is 64.1 Å². The van der Waals surface area contributed by atoms with E-state index in [1.54, 1.807) is 34.0 Å². The molecule has 4 rings (SSSR count). The molecule has 4 N–H and O–H groups in total. The van der Waals surface area contributed by atoms with Gasteiger partial charge >= 0.3 is 5.97 Å². The predicted molar refractivity (Wildman–Crippen MR) is 268 cm³/mol. The summed E-state index contributed by atoms with van der Waals surface area (Å²) in [5.41, 5.74) is 1.20. The Hall–Kier alpha value is -3.49. The molecule has 2 saturated heterocycles. The van der Waals surface area contributed by atoms with Crippen molar-refractivity contribution in [1.29, 1.82) is 0 Å². The first-order chi connectivity index (χ1) is 34.3. The van der Waals surface area contributed by atoms with E-state index in [1.165, 1.54) is 12.0 Å². The summed E-state index contributed by atoms with van der Waals surface area (Å²) in [4.78, 5) is 72.1. The Balaban J connectivity index is 1.67. The Kier molecular flexibility index (Phi) is 26.1. The first-order valence-electron chi connectivity index (χ1n) is 26.4. The van der Waals surface area contributed by atoms with Gasteiger partial charge in [-0.3, -0.25) is 19.2 Å². The normalized spacial score (nSPS) is 36.6. The summed E-state index contributed by atoms with van der Waals surface area (Å²) < 4.78 is 40.9. The Morgan fingerprint density at radius 1 is 0.819 bits per heavy atom. The molecule has 4 aliphatic rings. The fraction of sp³-hybridized carbons (Fsp3) is 0.764. The topological polar surface area (TPSA) is 234 Å². The van der Waals surface area contributed by atoms with Crippen molar-refractivity contribution in [3.05, 3.63) is 47.6 Å². The van der Waals surface area contributed by atoms with Crippen LogP contribution in [0.3, 0.4) is 0 Å². The highest BCUT2D eigenvalue weighted by molar-refractivity contribution is 6.39. The molecule has 0 unspecified atom stereocenters. The van der Waals surface area contributed by atoms with Crippen molar-refractivity contribution < 1.29 is 77.6 Å². The van der Waals surface area contributed by atoms with Gasteiger partial charge in [0.15, 0.2) is 5.78 Å². The third kappa shape index (κ3) is 18.1. The van der Waals surface area contributed by atoms with Crippen LogP contribution in [0.5, 0.6) is 0 Å². The monoisotopic (exact) mass is 1020 g/mol. The summed E-state index contributed by atoms with van der Waals surface area (Å²) in [5, 5.41) is 43.0. The van der Waals surface area contributed by atoms with Crippen LogP contribution in [0.4, 0.5) is 0 Å². The Morgan fingerprint density at radius 2 is 1.54 bits per heavy atom. The molecule has 72 heavy (non-hydrogen) atoms. The average molecular weight is 1020 g/mol. The highest BCUT2D eigenvalue weighted by Crippen LogP contribution is 2.38. The number of amides is 1. The van der Waals surface area contributed by atoms with E-state index >= 15 is 0 Å². The lowest BCUT2D eigenvalue weighted by atomic mass is 9.78. The van der Waals surface area contributed by atoms with E-state index in [9.17, 15) is 39.3 Å². The van der Waals surface area contributed by atoms with Crippen molar-refractivity contribution in [3.63, 3.8) is 0 Å². The second kappa shape index (κ2) is 30.8. The van der Waals surface area contributed by atoms with Crippen molar-refractivity contribution in [2.45, 2.75) is 180 Å². The maximum absolute atomic E-state index is 14.5. The molecule has 1 saturated carbocycles. The average Bonchev–Trinajstić information content (AvgIpc) is 3.36. The molecule has 3 fully saturated rings. The van der Waals surface area contributed by atoms with Crippen LogP contribution in [0.1, 0.15) is 125 Å². The molecule has 17 nitrogen and oxygen atoms in total. The lowest BCUT2D eigenvalue weighted by Gasteiger charge is -2.43. The lowest BCUT2D eigenvalue weighted by Crippen LogP contribution is -2.61. The molecule has 3 heterocycles. The molecule has 0 radical (unpaired) electrons. The number of piperidine rings is 1.